The van der Waals surface area contributed by atoms with Crippen LogP contribution < -0.4 is 5.32 Å². The molecule has 0 saturated carbocycles. The number of nitrogens with one attached hydrogen (secondary N) is 1. The van der Waals surface area contributed by atoms with Crippen LogP contribution in [-0.4, -0.2) is 18.8 Å². The Balaban J connectivity index is 2.69. The molecule has 0 amide bonds. The molecule has 1 N–H and O–H groups in total. The minimum atomic E-state index is -2.39. The zero-order valence-corrected chi connectivity index (χ0v) is 7.76. The van der Waals surface area contributed by atoms with Gasteiger partial charge in [-0.2, -0.15) is 0 Å². The largest absolute Gasteiger partial charge is 0.379 e. The van der Waals surface area contributed by atoms with Crippen molar-refractivity contribution < 1.29 is 13.6 Å². The molecule has 0 spiro atoms. The first kappa shape index (κ1) is 10.6. The fourth-order valence-corrected chi connectivity index (χ4v) is 1.04. The predicted molar refractivity (Wildman–Crippen MR) is 50.9 cm³/mol. The summed E-state index contributed by atoms with van der Waals surface area (Å²) in [4.78, 5) is 11.0. The molecule has 0 fully saturated rings. The first-order valence-corrected chi connectivity index (χ1v) is 4.22. The van der Waals surface area contributed by atoms with E-state index in [1.54, 1.807) is 24.3 Å². The quantitative estimate of drug-likeness (QED) is 0.755. The molecule has 0 saturated heterocycles. The zero-order chi connectivity index (χ0) is 10.6. The number of hydrogen-bond acceptors (Lipinski definition) is 2. The van der Waals surface area contributed by atoms with Crippen LogP contribution in [0.5, 0.6) is 0 Å². The van der Waals surface area contributed by atoms with Crippen LogP contribution in [0.2, 0.25) is 0 Å². The maximum absolute atomic E-state index is 11.9. The minimum Gasteiger partial charge on any atom is -0.379 e. The second-order valence-electron chi connectivity index (χ2n) is 2.91. The van der Waals surface area contributed by atoms with Crippen LogP contribution in [-0.2, 0) is 0 Å². The van der Waals surface area contributed by atoms with Crippen LogP contribution >= 0.6 is 0 Å². The predicted octanol–water partition coefficient (Wildman–Crippen LogP) is 2.57. The van der Waals surface area contributed by atoms with Gasteiger partial charge in [-0.3, -0.25) is 4.79 Å². The third kappa shape index (κ3) is 3.12. The van der Waals surface area contributed by atoms with Crippen LogP contribution in [0.25, 0.3) is 0 Å². The highest BCUT2D eigenvalue weighted by atomic mass is 19.3. The number of Topliss-reactive ketones (excluding diaryl/α,β-unsaturated/α-hetero) is 1. The molecule has 0 aliphatic rings. The summed E-state index contributed by atoms with van der Waals surface area (Å²) in [6.45, 7) is 1.04. The van der Waals surface area contributed by atoms with Gasteiger partial charge in [-0.05, 0) is 19.1 Å². The molecule has 0 aliphatic heterocycles. The lowest BCUT2D eigenvalue weighted by Crippen LogP contribution is -2.10. The fraction of sp³-hybridized carbons (Fsp3) is 0.300. The first-order chi connectivity index (χ1) is 6.59. The van der Waals surface area contributed by atoms with Crippen LogP contribution in [0.4, 0.5) is 14.5 Å². The van der Waals surface area contributed by atoms with Crippen molar-refractivity contribution in [2.24, 2.45) is 0 Å². The molecule has 76 valence electrons. The van der Waals surface area contributed by atoms with Crippen LogP contribution in [0, 0.1) is 0 Å². The lowest BCUT2D eigenvalue weighted by molar-refractivity contribution is 0.101. The van der Waals surface area contributed by atoms with Crippen molar-refractivity contribution in [1.82, 2.24) is 0 Å². The van der Waals surface area contributed by atoms with Gasteiger partial charge in [0.15, 0.2) is 5.78 Å². The van der Waals surface area contributed by atoms with E-state index >= 15 is 0 Å². The summed E-state index contributed by atoms with van der Waals surface area (Å²) < 4.78 is 23.7. The Morgan fingerprint density at radius 2 is 2.21 bits per heavy atom. The molecule has 2 nitrogen and oxygen atoms in total. The van der Waals surface area contributed by atoms with E-state index in [0.29, 0.717) is 11.3 Å². The van der Waals surface area contributed by atoms with Gasteiger partial charge in [-0.25, -0.2) is 8.78 Å². The number of anilines is 1. The normalized spacial score (nSPS) is 10.3. The molecule has 1 aromatic carbocycles. The van der Waals surface area contributed by atoms with Crippen LogP contribution in [0.3, 0.4) is 0 Å². The molecule has 0 radical (unpaired) electrons. The summed E-state index contributed by atoms with van der Waals surface area (Å²) in [7, 11) is 0. The SMILES string of the molecule is CC(=O)c1cccc(NCC(F)F)c1. The van der Waals surface area contributed by atoms with Gasteiger partial charge in [0.1, 0.15) is 0 Å². The Morgan fingerprint density at radius 3 is 2.79 bits per heavy atom. The molecule has 0 heterocycles. The molecular weight excluding hydrogens is 188 g/mol. The van der Waals surface area contributed by atoms with Crippen molar-refractivity contribution in [2.45, 2.75) is 13.3 Å². The summed E-state index contributed by atoms with van der Waals surface area (Å²) in [5.41, 5.74) is 1.06. The molecule has 0 unspecified atom stereocenters. The summed E-state index contributed by atoms with van der Waals surface area (Å²) >= 11 is 0. The number of ketones is 1. The van der Waals surface area contributed by atoms with Crippen molar-refractivity contribution >= 4 is 11.5 Å². The molecule has 1 rings (SSSR count). The van der Waals surface area contributed by atoms with E-state index in [0.717, 1.165) is 0 Å². The van der Waals surface area contributed by atoms with Gasteiger partial charge >= 0.3 is 0 Å². The summed E-state index contributed by atoms with van der Waals surface area (Å²) in [5, 5.41) is 2.54. The average Bonchev–Trinajstić information content (AvgIpc) is 2.15. The van der Waals surface area contributed by atoms with Gasteiger partial charge in [-0.1, -0.05) is 12.1 Å². The maximum Gasteiger partial charge on any atom is 0.255 e. The smallest absolute Gasteiger partial charge is 0.255 e. The van der Waals surface area contributed by atoms with Gasteiger partial charge in [0, 0.05) is 11.3 Å². The highest BCUT2D eigenvalue weighted by molar-refractivity contribution is 5.94. The highest BCUT2D eigenvalue weighted by Gasteiger charge is 2.03. The van der Waals surface area contributed by atoms with Gasteiger partial charge in [0.05, 0.1) is 6.54 Å². The minimum absolute atomic E-state index is 0.0781. The zero-order valence-electron chi connectivity index (χ0n) is 7.76. The van der Waals surface area contributed by atoms with Crippen molar-refractivity contribution in [3.8, 4) is 0 Å². The Hall–Kier alpha value is -1.45. The molecule has 0 aromatic heterocycles. The van der Waals surface area contributed by atoms with E-state index in [4.69, 9.17) is 0 Å². The Labute approximate surface area is 80.9 Å². The van der Waals surface area contributed by atoms with E-state index in [1.807, 2.05) is 0 Å². The average molecular weight is 199 g/mol. The van der Waals surface area contributed by atoms with Gasteiger partial charge < -0.3 is 5.32 Å². The topological polar surface area (TPSA) is 29.1 Å². The standard InChI is InChI=1S/C10H11F2NO/c1-7(14)8-3-2-4-9(5-8)13-6-10(11)12/h2-5,10,13H,6H2,1H3. The van der Waals surface area contributed by atoms with E-state index in [1.165, 1.54) is 6.92 Å². The molecular formula is C10H11F2NO. The van der Waals surface area contributed by atoms with Crippen LogP contribution in [0.15, 0.2) is 24.3 Å². The van der Waals surface area contributed by atoms with Crippen LogP contribution in [0.1, 0.15) is 17.3 Å². The second-order valence-corrected chi connectivity index (χ2v) is 2.91. The van der Waals surface area contributed by atoms with Gasteiger partial charge in [0.25, 0.3) is 6.43 Å². The molecule has 1 aromatic rings. The number of benzene rings is 1. The molecule has 0 aliphatic carbocycles. The third-order valence-electron chi connectivity index (χ3n) is 1.73. The van der Waals surface area contributed by atoms with Crippen molar-refractivity contribution in [3.05, 3.63) is 29.8 Å². The maximum atomic E-state index is 11.9. The van der Waals surface area contributed by atoms with E-state index in [-0.39, 0.29) is 5.78 Å². The Kier molecular flexibility index (Phi) is 3.56. The van der Waals surface area contributed by atoms with Crippen molar-refractivity contribution in [3.63, 3.8) is 0 Å². The monoisotopic (exact) mass is 199 g/mol. The van der Waals surface area contributed by atoms with Gasteiger partial charge in [0.2, 0.25) is 0 Å². The summed E-state index contributed by atoms with van der Waals surface area (Å²) in [6, 6.07) is 6.51. The first-order valence-electron chi connectivity index (χ1n) is 4.22. The Bertz CT molecular complexity index is 326. The van der Waals surface area contributed by atoms with Crippen molar-refractivity contribution in [2.75, 3.05) is 11.9 Å². The number of rotatable bonds is 4. The van der Waals surface area contributed by atoms with E-state index < -0.39 is 13.0 Å². The number of halogens is 2. The lowest BCUT2D eigenvalue weighted by Gasteiger charge is -2.06. The number of carbonyl (C=O) groups is 1. The third-order valence-corrected chi connectivity index (χ3v) is 1.73. The van der Waals surface area contributed by atoms with E-state index in [2.05, 4.69) is 5.32 Å². The number of carbonyl (C=O) groups excluding carboxylic acids is 1. The molecule has 0 atom stereocenters. The number of alkyl halides is 2. The van der Waals surface area contributed by atoms with Gasteiger partial charge in [-0.15, -0.1) is 0 Å². The molecule has 0 bridgehead atoms. The second kappa shape index (κ2) is 4.69. The van der Waals surface area contributed by atoms with E-state index in [9.17, 15) is 13.6 Å². The fourth-order valence-electron chi connectivity index (χ4n) is 1.04. The van der Waals surface area contributed by atoms with Crippen molar-refractivity contribution in [1.29, 1.82) is 0 Å². The number of hydrogen-bond donors (Lipinski definition) is 1. The molecule has 14 heavy (non-hydrogen) atoms. The molecule has 4 heteroatoms. The summed E-state index contributed by atoms with van der Waals surface area (Å²) in [5.74, 6) is -0.0781. The highest BCUT2D eigenvalue weighted by Crippen LogP contribution is 2.11. The lowest BCUT2D eigenvalue weighted by atomic mass is 10.1. The summed E-state index contributed by atoms with van der Waals surface area (Å²) in [6.07, 6.45) is -2.39. The Morgan fingerprint density at radius 1 is 1.50 bits per heavy atom.